The van der Waals surface area contributed by atoms with E-state index in [0.717, 1.165) is 23.1 Å². The van der Waals surface area contributed by atoms with Gasteiger partial charge in [0.15, 0.2) is 6.10 Å². The lowest BCUT2D eigenvalue weighted by Gasteiger charge is -2.36. The SMILES string of the molecule is COc1ccc(S(=O)(=O)N2C[C@@H](C(=O)Nc3ccc(Cc4ccncc4)cc3)Oc3ccc(C(C)(C)C)cc32)cc1. The molecule has 0 saturated carbocycles. The number of methoxy groups -OCH3 is 1. The highest BCUT2D eigenvalue weighted by Crippen LogP contribution is 2.40. The molecule has 0 spiro atoms. The number of benzene rings is 3. The van der Waals surface area contributed by atoms with Crippen LogP contribution in [0.4, 0.5) is 11.4 Å². The van der Waals surface area contributed by atoms with Crippen molar-refractivity contribution in [3.63, 3.8) is 0 Å². The first-order chi connectivity index (χ1) is 19.5. The van der Waals surface area contributed by atoms with Crippen molar-refractivity contribution in [2.75, 3.05) is 23.3 Å². The lowest BCUT2D eigenvalue weighted by molar-refractivity contribution is -0.122. The molecule has 1 N–H and O–H groups in total. The van der Waals surface area contributed by atoms with Crippen molar-refractivity contribution >= 4 is 27.3 Å². The second-order valence-corrected chi connectivity index (χ2v) is 12.8. The lowest BCUT2D eigenvalue weighted by atomic mass is 9.86. The molecule has 5 rings (SSSR count). The lowest BCUT2D eigenvalue weighted by Crippen LogP contribution is -2.49. The summed E-state index contributed by atoms with van der Waals surface area (Å²) in [6.07, 6.45) is 3.20. The van der Waals surface area contributed by atoms with Crippen molar-refractivity contribution in [1.29, 1.82) is 0 Å². The summed E-state index contributed by atoms with van der Waals surface area (Å²) in [7, 11) is -2.50. The van der Waals surface area contributed by atoms with E-state index in [1.165, 1.54) is 23.5 Å². The molecule has 41 heavy (non-hydrogen) atoms. The van der Waals surface area contributed by atoms with Gasteiger partial charge in [0.25, 0.3) is 15.9 Å². The van der Waals surface area contributed by atoms with E-state index >= 15 is 0 Å². The summed E-state index contributed by atoms with van der Waals surface area (Å²) >= 11 is 0. The highest BCUT2D eigenvalue weighted by atomic mass is 32.2. The molecule has 0 aliphatic carbocycles. The van der Waals surface area contributed by atoms with E-state index in [2.05, 4.69) is 31.1 Å². The van der Waals surface area contributed by atoms with Gasteiger partial charge in [0.1, 0.15) is 11.5 Å². The maximum absolute atomic E-state index is 13.9. The topological polar surface area (TPSA) is 97.8 Å². The Labute approximate surface area is 241 Å². The monoisotopic (exact) mass is 571 g/mol. The molecular weight excluding hydrogens is 538 g/mol. The number of ether oxygens (including phenoxy) is 2. The van der Waals surface area contributed by atoms with Gasteiger partial charge in [-0.05, 0) is 89.2 Å². The van der Waals surface area contributed by atoms with Gasteiger partial charge in [-0.3, -0.25) is 14.1 Å². The second-order valence-electron chi connectivity index (χ2n) is 11.0. The van der Waals surface area contributed by atoms with Crippen LogP contribution < -0.4 is 19.1 Å². The van der Waals surface area contributed by atoms with Gasteiger partial charge in [-0.1, -0.05) is 39.0 Å². The van der Waals surface area contributed by atoms with E-state index in [1.54, 1.807) is 30.6 Å². The van der Waals surface area contributed by atoms with Gasteiger partial charge in [-0.15, -0.1) is 0 Å². The van der Waals surface area contributed by atoms with Crippen molar-refractivity contribution in [3.05, 3.63) is 108 Å². The Morgan fingerprint density at radius 2 is 1.63 bits per heavy atom. The molecule has 4 aromatic rings. The third kappa shape index (κ3) is 6.20. The predicted molar refractivity (Wildman–Crippen MR) is 159 cm³/mol. The Bertz CT molecular complexity index is 1630. The average Bonchev–Trinajstić information content (AvgIpc) is 2.97. The number of rotatable bonds is 7. The molecule has 1 aliphatic rings. The quantitative estimate of drug-likeness (QED) is 0.311. The summed E-state index contributed by atoms with van der Waals surface area (Å²) in [6.45, 7) is 5.98. The number of sulfonamides is 1. The van der Waals surface area contributed by atoms with E-state index in [0.29, 0.717) is 22.9 Å². The molecule has 0 unspecified atom stereocenters. The molecule has 2 heterocycles. The van der Waals surface area contributed by atoms with Crippen LogP contribution in [0.1, 0.15) is 37.5 Å². The molecule has 0 bridgehead atoms. The Morgan fingerprint density at radius 1 is 0.976 bits per heavy atom. The summed E-state index contributed by atoms with van der Waals surface area (Å²) in [5.74, 6) is 0.437. The fraction of sp³-hybridized carbons (Fsp3) is 0.250. The fourth-order valence-corrected chi connectivity index (χ4v) is 6.09. The number of amides is 1. The van der Waals surface area contributed by atoms with E-state index in [-0.39, 0.29) is 16.9 Å². The highest BCUT2D eigenvalue weighted by Gasteiger charge is 2.38. The molecule has 1 atom stereocenters. The Balaban J connectivity index is 1.41. The minimum Gasteiger partial charge on any atom is -0.497 e. The summed E-state index contributed by atoms with van der Waals surface area (Å²) in [6, 6.07) is 23.1. The van der Waals surface area contributed by atoms with Crippen LogP contribution in [0.2, 0.25) is 0 Å². The van der Waals surface area contributed by atoms with Crippen molar-refractivity contribution < 1.29 is 22.7 Å². The smallest absolute Gasteiger partial charge is 0.267 e. The van der Waals surface area contributed by atoms with Gasteiger partial charge < -0.3 is 14.8 Å². The summed E-state index contributed by atoms with van der Waals surface area (Å²) in [4.78, 5) is 17.5. The van der Waals surface area contributed by atoms with Crippen LogP contribution >= 0.6 is 0 Å². The first kappa shape index (κ1) is 28.2. The molecular formula is C32H33N3O5S. The molecule has 212 valence electrons. The van der Waals surface area contributed by atoms with E-state index in [1.807, 2.05) is 48.5 Å². The predicted octanol–water partition coefficient (Wildman–Crippen LogP) is 5.57. The van der Waals surface area contributed by atoms with Gasteiger partial charge >= 0.3 is 0 Å². The van der Waals surface area contributed by atoms with E-state index < -0.39 is 22.0 Å². The number of hydrogen-bond donors (Lipinski definition) is 1. The molecule has 1 aromatic heterocycles. The molecule has 1 amide bonds. The third-order valence-corrected chi connectivity index (χ3v) is 8.81. The van der Waals surface area contributed by atoms with E-state index in [4.69, 9.17) is 9.47 Å². The highest BCUT2D eigenvalue weighted by molar-refractivity contribution is 7.92. The van der Waals surface area contributed by atoms with Gasteiger partial charge in [-0.2, -0.15) is 0 Å². The number of nitrogens with zero attached hydrogens (tertiary/aromatic N) is 2. The van der Waals surface area contributed by atoms with Crippen LogP contribution in [-0.4, -0.2) is 39.1 Å². The molecule has 0 saturated heterocycles. The number of carbonyl (C=O) groups is 1. The molecule has 1 aliphatic heterocycles. The molecule has 3 aromatic carbocycles. The second kappa shape index (κ2) is 11.2. The average molecular weight is 572 g/mol. The van der Waals surface area contributed by atoms with Crippen molar-refractivity contribution in [3.8, 4) is 11.5 Å². The number of hydrogen-bond acceptors (Lipinski definition) is 6. The Hall–Kier alpha value is -4.37. The Kier molecular flexibility index (Phi) is 7.73. The van der Waals surface area contributed by atoms with Crippen LogP contribution in [0.3, 0.4) is 0 Å². The number of pyridine rings is 1. The Morgan fingerprint density at radius 3 is 2.27 bits per heavy atom. The molecule has 0 fully saturated rings. The standard InChI is InChI=1S/C32H33N3O5S/c1-32(2,3)24-7-14-29-28(20-24)35(41(37,38)27-12-10-26(39-4)11-13-27)21-30(40-29)31(36)34-25-8-5-22(6-9-25)19-23-15-17-33-18-16-23/h5-18,20,30H,19,21H2,1-4H3,(H,34,36)/t30-/m0/s1. The minimum absolute atomic E-state index is 0.0938. The van der Waals surface area contributed by atoms with Gasteiger partial charge in [0.2, 0.25) is 0 Å². The summed E-state index contributed by atoms with van der Waals surface area (Å²) in [5, 5.41) is 2.88. The van der Waals surface area contributed by atoms with Crippen LogP contribution in [-0.2, 0) is 26.7 Å². The van der Waals surface area contributed by atoms with Gasteiger partial charge in [0.05, 0.1) is 24.2 Å². The first-order valence-electron chi connectivity index (χ1n) is 13.3. The van der Waals surface area contributed by atoms with Crippen molar-refractivity contribution in [2.24, 2.45) is 0 Å². The largest absolute Gasteiger partial charge is 0.497 e. The van der Waals surface area contributed by atoms with Crippen molar-refractivity contribution in [1.82, 2.24) is 4.98 Å². The van der Waals surface area contributed by atoms with E-state index in [9.17, 15) is 13.2 Å². The number of fused-ring (bicyclic) bond motifs is 1. The number of aromatic nitrogens is 1. The first-order valence-corrected chi connectivity index (χ1v) is 14.8. The third-order valence-electron chi connectivity index (χ3n) is 7.01. The summed E-state index contributed by atoms with van der Waals surface area (Å²) in [5.41, 5.74) is 3.95. The van der Waals surface area contributed by atoms with Gasteiger partial charge in [-0.25, -0.2) is 8.42 Å². The molecule has 9 heteroatoms. The number of carbonyl (C=O) groups excluding carboxylic acids is 1. The summed E-state index contributed by atoms with van der Waals surface area (Å²) < 4.78 is 40.4. The number of nitrogens with one attached hydrogen (secondary N) is 1. The maximum atomic E-state index is 13.9. The normalized spacial score (nSPS) is 15.0. The fourth-order valence-electron chi connectivity index (χ4n) is 4.62. The number of anilines is 2. The minimum atomic E-state index is -4.02. The van der Waals surface area contributed by atoms with Crippen LogP contribution in [0.5, 0.6) is 11.5 Å². The van der Waals surface area contributed by atoms with Crippen LogP contribution in [0, 0.1) is 0 Å². The van der Waals surface area contributed by atoms with Crippen molar-refractivity contribution in [2.45, 2.75) is 43.6 Å². The molecule has 0 radical (unpaired) electrons. The van der Waals surface area contributed by atoms with Crippen LogP contribution in [0.15, 0.2) is 96.2 Å². The molecule has 8 nitrogen and oxygen atoms in total. The zero-order valence-electron chi connectivity index (χ0n) is 23.5. The zero-order valence-corrected chi connectivity index (χ0v) is 24.3. The zero-order chi connectivity index (χ0) is 29.2. The van der Waals surface area contributed by atoms with Gasteiger partial charge in [0, 0.05) is 18.1 Å². The van der Waals surface area contributed by atoms with Crippen LogP contribution in [0.25, 0.3) is 0 Å². The maximum Gasteiger partial charge on any atom is 0.267 e.